The second kappa shape index (κ2) is 5.64. The van der Waals surface area contributed by atoms with Gasteiger partial charge in [-0.1, -0.05) is 60.7 Å². The minimum Gasteiger partial charge on any atom is -0.343 e. The lowest BCUT2D eigenvalue weighted by Crippen LogP contribution is -2.40. The van der Waals surface area contributed by atoms with E-state index in [1.54, 1.807) is 0 Å². The standard InChI is InChI=1S/C20H19NO/c1-20(2,18-10-4-3-5-11-18)21-19(22)17-13-12-15-8-6-7-9-16(15)14-17/h3-14H,1-2H3,(H,21,22). The summed E-state index contributed by atoms with van der Waals surface area (Å²) >= 11 is 0. The van der Waals surface area contributed by atoms with Crippen molar-refractivity contribution in [3.8, 4) is 0 Å². The van der Waals surface area contributed by atoms with Crippen molar-refractivity contribution in [2.45, 2.75) is 19.4 Å². The average molecular weight is 289 g/mol. The highest BCUT2D eigenvalue weighted by atomic mass is 16.1. The van der Waals surface area contributed by atoms with E-state index in [2.05, 4.69) is 5.32 Å². The maximum atomic E-state index is 12.6. The van der Waals surface area contributed by atoms with E-state index in [1.807, 2.05) is 86.6 Å². The molecule has 0 heterocycles. The van der Waals surface area contributed by atoms with Gasteiger partial charge in [-0.15, -0.1) is 0 Å². The molecule has 22 heavy (non-hydrogen) atoms. The zero-order chi connectivity index (χ0) is 15.6. The van der Waals surface area contributed by atoms with Gasteiger partial charge in [0.25, 0.3) is 5.91 Å². The zero-order valence-corrected chi connectivity index (χ0v) is 12.8. The third kappa shape index (κ3) is 2.86. The highest BCUT2D eigenvalue weighted by molar-refractivity contribution is 5.98. The van der Waals surface area contributed by atoms with Crippen LogP contribution in [0.2, 0.25) is 0 Å². The van der Waals surface area contributed by atoms with Crippen LogP contribution in [0.3, 0.4) is 0 Å². The second-order valence-corrected chi connectivity index (χ2v) is 6.01. The van der Waals surface area contributed by atoms with Gasteiger partial charge in [-0.25, -0.2) is 0 Å². The molecule has 3 aromatic carbocycles. The minimum atomic E-state index is -0.413. The Bertz CT molecular complexity index is 806. The molecule has 0 radical (unpaired) electrons. The summed E-state index contributed by atoms with van der Waals surface area (Å²) in [6.07, 6.45) is 0. The fourth-order valence-electron chi connectivity index (χ4n) is 2.61. The molecular weight excluding hydrogens is 270 g/mol. The molecule has 0 unspecified atom stereocenters. The maximum absolute atomic E-state index is 12.6. The van der Waals surface area contributed by atoms with Crippen molar-refractivity contribution in [1.82, 2.24) is 5.32 Å². The van der Waals surface area contributed by atoms with Crippen molar-refractivity contribution < 1.29 is 4.79 Å². The SMILES string of the molecule is CC(C)(NC(=O)c1ccc2ccccc2c1)c1ccccc1. The summed E-state index contributed by atoms with van der Waals surface area (Å²) in [4.78, 5) is 12.6. The Morgan fingerprint density at radius 3 is 2.18 bits per heavy atom. The second-order valence-electron chi connectivity index (χ2n) is 6.01. The molecule has 3 aromatic rings. The first-order valence-electron chi connectivity index (χ1n) is 7.43. The lowest BCUT2D eigenvalue weighted by Gasteiger charge is -2.27. The first kappa shape index (κ1) is 14.3. The van der Waals surface area contributed by atoms with Crippen LogP contribution in [0.1, 0.15) is 29.8 Å². The first-order valence-corrected chi connectivity index (χ1v) is 7.43. The van der Waals surface area contributed by atoms with E-state index in [0.29, 0.717) is 5.56 Å². The predicted molar refractivity (Wildman–Crippen MR) is 90.9 cm³/mol. The van der Waals surface area contributed by atoms with Crippen LogP contribution in [0.15, 0.2) is 72.8 Å². The van der Waals surface area contributed by atoms with Gasteiger partial charge in [-0.3, -0.25) is 4.79 Å². The smallest absolute Gasteiger partial charge is 0.251 e. The van der Waals surface area contributed by atoms with Crippen LogP contribution < -0.4 is 5.32 Å². The largest absolute Gasteiger partial charge is 0.343 e. The highest BCUT2D eigenvalue weighted by Gasteiger charge is 2.23. The van der Waals surface area contributed by atoms with E-state index in [1.165, 1.54) is 0 Å². The van der Waals surface area contributed by atoms with Gasteiger partial charge in [-0.2, -0.15) is 0 Å². The van der Waals surface area contributed by atoms with Gasteiger partial charge >= 0.3 is 0 Å². The van der Waals surface area contributed by atoms with Crippen LogP contribution in [0, 0.1) is 0 Å². The molecule has 2 nitrogen and oxygen atoms in total. The van der Waals surface area contributed by atoms with E-state index in [4.69, 9.17) is 0 Å². The van der Waals surface area contributed by atoms with Crippen LogP contribution in [0.25, 0.3) is 10.8 Å². The number of carbonyl (C=O) groups is 1. The Balaban J connectivity index is 1.86. The molecule has 110 valence electrons. The van der Waals surface area contributed by atoms with Crippen LogP contribution in [-0.4, -0.2) is 5.91 Å². The summed E-state index contributed by atoms with van der Waals surface area (Å²) in [6, 6.07) is 23.9. The fraction of sp³-hybridized carbons (Fsp3) is 0.150. The van der Waals surface area contributed by atoms with E-state index >= 15 is 0 Å². The molecule has 0 spiro atoms. The average Bonchev–Trinajstić information content (AvgIpc) is 2.55. The zero-order valence-electron chi connectivity index (χ0n) is 12.8. The predicted octanol–water partition coefficient (Wildman–Crippen LogP) is 4.50. The van der Waals surface area contributed by atoms with Gasteiger partial charge in [0.2, 0.25) is 0 Å². The van der Waals surface area contributed by atoms with Crippen LogP contribution in [0.5, 0.6) is 0 Å². The van der Waals surface area contributed by atoms with E-state index in [-0.39, 0.29) is 5.91 Å². The number of fused-ring (bicyclic) bond motifs is 1. The molecule has 2 heteroatoms. The minimum absolute atomic E-state index is 0.0559. The lowest BCUT2D eigenvalue weighted by atomic mass is 9.94. The Hall–Kier alpha value is -2.61. The molecule has 0 fully saturated rings. The number of rotatable bonds is 3. The monoisotopic (exact) mass is 289 g/mol. The van der Waals surface area contributed by atoms with E-state index in [0.717, 1.165) is 16.3 Å². The first-order chi connectivity index (χ1) is 10.6. The lowest BCUT2D eigenvalue weighted by molar-refractivity contribution is 0.0912. The van der Waals surface area contributed by atoms with Gasteiger partial charge < -0.3 is 5.32 Å². The third-order valence-electron chi connectivity index (χ3n) is 3.93. The molecular formula is C20H19NO. The molecule has 0 aliphatic heterocycles. The number of hydrogen-bond donors (Lipinski definition) is 1. The molecule has 0 aliphatic rings. The Morgan fingerprint density at radius 1 is 0.818 bits per heavy atom. The molecule has 0 saturated carbocycles. The van der Waals surface area contributed by atoms with Gasteiger partial charge in [-0.05, 0) is 42.3 Å². The molecule has 1 N–H and O–H groups in total. The van der Waals surface area contributed by atoms with Crippen LogP contribution >= 0.6 is 0 Å². The number of nitrogens with one attached hydrogen (secondary N) is 1. The Labute approximate surface area is 130 Å². The van der Waals surface area contributed by atoms with Crippen LogP contribution in [0.4, 0.5) is 0 Å². The number of benzene rings is 3. The number of amides is 1. The Morgan fingerprint density at radius 2 is 1.45 bits per heavy atom. The molecule has 0 bridgehead atoms. The molecule has 0 aromatic heterocycles. The Kier molecular flexibility index (Phi) is 3.68. The summed E-state index contributed by atoms with van der Waals surface area (Å²) in [5.41, 5.74) is 1.36. The van der Waals surface area contributed by atoms with Crippen molar-refractivity contribution in [2.24, 2.45) is 0 Å². The normalized spacial score (nSPS) is 11.4. The third-order valence-corrected chi connectivity index (χ3v) is 3.93. The van der Waals surface area contributed by atoms with Crippen molar-refractivity contribution in [3.05, 3.63) is 83.9 Å². The summed E-state index contributed by atoms with van der Waals surface area (Å²) in [7, 11) is 0. The summed E-state index contributed by atoms with van der Waals surface area (Å²) in [6.45, 7) is 4.03. The number of hydrogen-bond acceptors (Lipinski definition) is 1. The van der Waals surface area contributed by atoms with Crippen molar-refractivity contribution in [3.63, 3.8) is 0 Å². The molecule has 1 amide bonds. The quantitative estimate of drug-likeness (QED) is 0.755. The molecule has 0 aliphatic carbocycles. The highest BCUT2D eigenvalue weighted by Crippen LogP contribution is 2.21. The van der Waals surface area contributed by atoms with Crippen molar-refractivity contribution in [2.75, 3.05) is 0 Å². The van der Waals surface area contributed by atoms with E-state index in [9.17, 15) is 4.79 Å². The summed E-state index contributed by atoms with van der Waals surface area (Å²) in [5, 5.41) is 5.33. The topological polar surface area (TPSA) is 29.1 Å². The van der Waals surface area contributed by atoms with Crippen LogP contribution in [-0.2, 0) is 5.54 Å². The van der Waals surface area contributed by atoms with E-state index < -0.39 is 5.54 Å². The maximum Gasteiger partial charge on any atom is 0.251 e. The summed E-state index contributed by atoms with van der Waals surface area (Å²) < 4.78 is 0. The fourth-order valence-corrected chi connectivity index (χ4v) is 2.61. The number of carbonyl (C=O) groups excluding carboxylic acids is 1. The molecule has 0 saturated heterocycles. The van der Waals surface area contributed by atoms with Crippen molar-refractivity contribution in [1.29, 1.82) is 0 Å². The molecule has 0 atom stereocenters. The molecule has 3 rings (SSSR count). The summed E-state index contributed by atoms with van der Waals surface area (Å²) in [5.74, 6) is -0.0559. The van der Waals surface area contributed by atoms with Gasteiger partial charge in [0.1, 0.15) is 0 Å². The van der Waals surface area contributed by atoms with Gasteiger partial charge in [0.05, 0.1) is 5.54 Å². The van der Waals surface area contributed by atoms with Gasteiger partial charge in [0.15, 0.2) is 0 Å². The van der Waals surface area contributed by atoms with Crippen molar-refractivity contribution >= 4 is 16.7 Å². The van der Waals surface area contributed by atoms with Gasteiger partial charge in [0, 0.05) is 5.56 Å².